The van der Waals surface area contributed by atoms with Crippen LogP contribution in [-0.4, -0.2) is 22.3 Å². The van der Waals surface area contributed by atoms with E-state index in [-0.39, 0.29) is 5.82 Å². The summed E-state index contributed by atoms with van der Waals surface area (Å²) in [7, 11) is 1.49. The summed E-state index contributed by atoms with van der Waals surface area (Å²) >= 11 is 0. The van der Waals surface area contributed by atoms with E-state index in [4.69, 9.17) is 0 Å². The third-order valence-corrected chi connectivity index (χ3v) is 0.881. The Morgan fingerprint density at radius 1 is 1.70 bits per heavy atom. The molecule has 0 bridgehead atoms. The van der Waals surface area contributed by atoms with Gasteiger partial charge in [-0.05, 0) is 4.92 Å². The van der Waals surface area contributed by atoms with E-state index in [1.807, 2.05) is 0 Å². The lowest BCUT2D eigenvalue weighted by molar-refractivity contribution is -0.390. The van der Waals surface area contributed by atoms with Gasteiger partial charge in [-0.3, -0.25) is 0 Å². The van der Waals surface area contributed by atoms with E-state index in [9.17, 15) is 10.1 Å². The molecule has 1 heterocycles. The van der Waals surface area contributed by atoms with Gasteiger partial charge in [-0.2, -0.15) is 0 Å². The molecule has 1 rings (SSSR count). The molecule has 10 heavy (non-hydrogen) atoms. The fourth-order valence-electron chi connectivity index (χ4n) is 0.461. The van der Waals surface area contributed by atoms with E-state index < -0.39 is 10.7 Å². The van der Waals surface area contributed by atoms with Crippen molar-refractivity contribution in [3.8, 4) is 0 Å². The van der Waals surface area contributed by atoms with Gasteiger partial charge < -0.3 is 15.4 Å². The molecule has 0 amide bonds. The Hall–Kier alpha value is -1.66. The molecule has 0 aliphatic heterocycles. The van der Waals surface area contributed by atoms with E-state index in [2.05, 4.69) is 20.3 Å². The standard InChI is InChI=1S/C3H4N4O3/c1-4-2-3(7(8)9)6-10-5-2/h1H3,(H,4,5). The Bertz CT molecular complexity index is 244. The molecule has 1 aromatic heterocycles. The summed E-state index contributed by atoms with van der Waals surface area (Å²) in [4.78, 5) is 9.37. The van der Waals surface area contributed by atoms with Crippen LogP contribution in [0, 0.1) is 10.1 Å². The molecule has 7 nitrogen and oxygen atoms in total. The van der Waals surface area contributed by atoms with Crippen LogP contribution in [0.2, 0.25) is 0 Å². The van der Waals surface area contributed by atoms with Gasteiger partial charge in [0.25, 0.3) is 5.82 Å². The normalized spacial score (nSPS) is 9.30. The quantitative estimate of drug-likeness (QED) is 0.464. The van der Waals surface area contributed by atoms with Crippen molar-refractivity contribution in [1.82, 2.24) is 10.3 Å². The lowest BCUT2D eigenvalue weighted by Crippen LogP contribution is -1.94. The van der Waals surface area contributed by atoms with E-state index >= 15 is 0 Å². The highest BCUT2D eigenvalue weighted by molar-refractivity contribution is 5.47. The van der Waals surface area contributed by atoms with Crippen LogP contribution in [0.5, 0.6) is 0 Å². The number of hydrogen-bond acceptors (Lipinski definition) is 6. The van der Waals surface area contributed by atoms with E-state index in [0.717, 1.165) is 0 Å². The van der Waals surface area contributed by atoms with Gasteiger partial charge in [0.05, 0.1) is 0 Å². The van der Waals surface area contributed by atoms with Crippen LogP contribution in [0.15, 0.2) is 4.63 Å². The molecule has 0 aliphatic rings. The Labute approximate surface area is 55.1 Å². The summed E-state index contributed by atoms with van der Waals surface area (Å²) in [5.74, 6) is -0.368. The van der Waals surface area contributed by atoms with Crippen molar-refractivity contribution in [2.45, 2.75) is 0 Å². The predicted octanol–water partition coefficient (Wildman–Crippen LogP) is 0.0195. The summed E-state index contributed by atoms with van der Waals surface area (Å²) in [6.07, 6.45) is 0. The minimum absolute atomic E-state index is 0.0324. The minimum Gasteiger partial charge on any atom is -0.363 e. The first kappa shape index (κ1) is 6.46. The molecule has 0 radical (unpaired) electrons. The van der Waals surface area contributed by atoms with Crippen molar-refractivity contribution >= 4 is 11.6 Å². The highest BCUT2D eigenvalue weighted by atomic mass is 16.6. The highest BCUT2D eigenvalue weighted by Gasteiger charge is 2.19. The zero-order chi connectivity index (χ0) is 7.56. The van der Waals surface area contributed by atoms with E-state index in [0.29, 0.717) is 0 Å². The van der Waals surface area contributed by atoms with Crippen LogP contribution in [0.3, 0.4) is 0 Å². The Balaban J connectivity index is 3.01. The minimum atomic E-state index is -0.678. The number of anilines is 1. The number of nitro groups is 1. The Morgan fingerprint density at radius 3 is 2.80 bits per heavy atom. The van der Waals surface area contributed by atoms with Gasteiger partial charge in [0.1, 0.15) is 0 Å². The number of rotatable bonds is 2. The maximum Gasteiger partial charge on any atom is 0.458 e. The summed E-state index contributed by atoms with van der Waals surface area (Å²) < 4.78 is 4.09. The number of nitrogens with zero attached hydrogens (tertiary/aromatic N) is 3. The number of nitrogens with one attached hydrogen (secondary N) is 1. The monoisotopic (exact) mass is 144 g/mol. The third kappa shape index (κ3) is 0.879. The second-order valence-electron chi connectivity index (χ2n) is 1.44. The molecule has 0 saturated heterocycles. The summed E-state index contributed by atoms with van der Waals surface area (Å²) in [6, 6.07) is 0. The summed E-state index contributed by atoms with van der Waals surface area (Å²) in [5.41, 5.74) is 0. The molecule has 0 spiro atoms. The van der Waals surface area contributed by atoms with Crippen molar-refractivity contribution in [2.75, 3.05) is 12.4 Å². The van der Waals surface area contributed by atoms with Crippen LogP contribution in [0.4, 0.5) is 11.6 Å². The first-order valence-corrected chi connectivity index (χ1v) is 2.40. The zero-order valence-electron chi connectivity index (χ0n) is 5.07. The molecule has 1 N–H and O–H groups in total. The molecule has 54 valence electrons. The molecular weight excluding hydrogens is 140 g/mol. The number of hydrogen-bond donors (Lipinski definition) is 1. The van der Waals surface area contributed by atoms with Crippen molar-refractivity contribution in [1.29, 1.82) is 0 Å². The molecule has 0 saturated carbocycles. The first-order chi connectivity index (χ1) is 4.75. The van der Waals surface area contributed by atoms with Gasteiger partial charge in [-0.25, -0.2) is 0 Å². The molecule has 0 aliphatic carbocycles. The molecule has 0 atom stereocenters. The smallest absolute Gasteiger partial charge is 0.363 e. The first-order valence-electron chi connectivity index (χ1n) is 2.40. The maximum absolute atomic E-state index is 10.0. The largest absolute Gasteiger partial charge is 0.458 e. The molecule has 0 fully saturated rings. The van der Waals surface area contributed by atoms with E-state index in [1.165, 1.54) is 7.05 Å². The third-order valence-electron chi connectivity index (χ3n) is 0.881. The second kappa shape index (κ2) is 2.29. The highest BCUT2D eigenvalue weighted by Crippen LogP contribution is 2.16. The van der Waals surface area contributed by atoms with Gasteiger partial charge in [0.15, 0.2) is 5.16 Å². The molecule has 0 unspecified atom stereocenters. The van der Waals surface area contributed by atoms with Crippen molar-refractivity contribution in [3.63, 3.8) is 0 Å². The Kier molecular flexibility index (Phi) is 1.48. The van der Waals surface area contributed by atoms with Crippen molar-refractivity contribution < 1.29 is 9.55 Å². The Morgan fingerprint density at radius 2 is 2.40 bits per heavy atom. The average Bonchev–Trinajstić information content (AvgIpc) is 2.33. The molecule has 0 aromatic carbocycles. The molecular formula is C3H4N4O3. The van der Waals surface area contributed by atoms with Gasteiger partial charge in [-0.1, -0.05) is 0 Å². The van der Waals surface area contributed by atoms with Crippen molar-refractivity contribution in [3.05, 3.63) is 10.1 Å². The maximum atomic E-state index is 10.0. The van der Waals surface area contributed by atoms with Gasteiger partial charge in [0.2, 0.25) is 0 Å². The fraction of sp³-hybridized carbons (Fsp3) is 0.333. The average molecular weight is 144 g/mol. The second-order valence-corrected chi connectivity index (χ2v) is 1.44. The van der Waals surface area contributed by atoms with Crippen LogP contribution >= 0.6 is 0 Å². The zero-order valence-corrected chi connectivity index (χ0v) is 5.07. The van der Waals surface area contributed by atoms with E-state index in [1.54, 1.807) is 0 Å². The van der Waals surface area contributed by atoms with Gasteiger partial charge in [0, 0.05) is 12.2 Å². The lowest BCUT2D eigenvalue weighted by Gasteiger charge is -1.87. The fourth-order valence-corrected chi connectivity index (χ4v) is 0.461. The van der Waals surface area contributed by atoms with Crippen molar-refractivity contribution in [2.24, 2.45) is 0 Å². The predicted molar refractivity (Wildman–Crippen MR) is 30.5 cm³/mol. The van der Waals surface area contributed by atoms with Crippen LogP contribution in [-0.2, 0) is 0 Å². The van der Waals surface area contributed by atoms with Gasteiger partial charge in [-0.15, -0.1) is 4.63 Å². The molecule has 1 aromatic rings. The van der Waals surface area contributed by atoms with Crippen LogP contribution < -0.4 is 5.32 Å². The van der Waals surface area contributed by atoms with Crippen LogP contribution in [0.1, 0.15) is 0 Å². The van der Waals surface area contributed by atoms with Crippen LogP contribution in [0.25, 0.3) is 0 Å². The summed E-state index contributed by atoms with van der Waals surface area (Å²) in [5, 5.41) is 18.7. The number of aromatic nitrogens is 2. The topological polar surface area (TPSA) is 94.1 Å². The summed E-state index contributed by atoms with van der Waals surface area (Å²) in [6.45, 7) is 0. The molecule has 7 heteroatoms. The lowest BCUT2D eigenvalue weighted by atomic mass is 10.6. The van der Waals surface area contributed by atoms with Gasteiger partial charge >= 0.3 is 5.82 Å². The SMILES string of the molecule is CNc1nonc1[N+](=O)[O-].